The van der Waals surface area contributed by atoms with Gasteiger partial charge in [0.15, 0.2) is 0 Å². The Kier molecular flexibility index (Phi) is 3.59. The number of aliphatic hydroxyl groups is 3. The van der Waals surface area contributed by atoms with Crippen molar-refractivity contribution < 1.29 is 25.2 Å². The van der Waals surface area contributed by atoms with Crippen molar-refractivity contribution in [3.8, 4) is 12.3 Å². The predicted molar refractivity (Wildman–Crippen MR) is 61.5 cm³/mol. The maximum atomic E-state index is 11.1. The number of aliphatic hydroxyl groups excluding tert-OH is 3. The Labute approximate surface area is 105 Å². The SMILES string of the molecule is C#CCCCN1C2[C@@H]1[C@H](O)[C@@H](O)[C@H](O)[C@H]2C(=O)O. The molecule has 0 amide bonds. The third-order valence-electron chi connectivity index (χ3n) is 3.83. The van der Waals surface area contributed by atoms with Crippen LogP contribution in [0.3, 0.4) is 0 Å². The van der Waals surface area contributed by atoms with Gasteiger partial charge in [0.2, 0.25) is 0 Å². The summed E-state index contributed by atoms with van der Waals surface area (Å²) in [5.41, 5.74) is 0. The molecular formula is C12H17NO5. The zero-order valence-electron chi connectivity index (χ0n) is 9.81. The number of hydrogen-bond acceptors (Lipinski definition) is 5. The summed E-state index contributed by atoms with van der Waals surface area (Å²) in [6, 6.07) is -0.795. The number of carbonyl (C=O) groups is 1. The molecule has 0 radical (unpaired) electrons. The van der Waals surface area contributed by atoms with Crippen LogP contribution in [-0.4, -0.2) is 68.2 Å². The van der Waals surface area contributed by atoms with E-state index in [2.05, 4.69) is 5.92 Å². The standard InChI is InChI=1S/C12H17NO5/c1-2-3-4-5-13-7-6(12(17)18)9(14)11(16)10(15)8(7)13/h1,6-11,14-16H,3-5H2,(H,17,18)/t6-,7?,8+,9+,10-,11-,13?/m0/s1. The molecule has 100 valence electrons. The summed E-state index contributed by atoms with van der Waals surface area (Å²) in [4.78, 5) is 12.9. The summed E-state index contributed by atoms with van der Waals surface area (Å²) >= 11 is 0. The Morgan fingerprint density at radius 2 is 1.83 bits per heavy atom. The van der Waals surface area contributed by atoms with Crippen molar-refractivity contribution in [2.45, 2.75) is 43.2 Å². The molecule has 18 heavy (non-hydrogen) atoms. The lowest BCUT2D eigenvalue weighted by atomic mass is 9.83. The molecule has 1 saturated heterocycles. The Balaban J connectivity index is 2.07. The summed E-state index contributed by atoms with van der Waals surface area (Å²) in [5, 5.41) is 38.2. The smallest absolute Gasteiger partial charge is 0.310 e. The minimum Gasteiger partial charge on any atom is -0.481 e. The van der Waals surface area contributed by atoms with E-state index in [0.717, 1.165) is 0 Å². The molecule has 0 aromatic rings. The lowest BCUT2D eigenvalue weighted by Crippen LogP contribution is -2.53. The minimum absolute atomic E-state index is 0.387. The average Bonchev–Trinajstić information content (AvgIpc) is 3.00. The molecule has 2 rings (SSSR count). The summed E-state index contributed by atoms with van der Waals surface area (Å²) in [6.07, 6.45) is 2.47. The van der Waals surface area contributed by atoms with E-state index in [-0.39, 0.29) is 6.04 Å². The van der Waals surface area contributed by atoms with E-state index >= 15 is 0 Å². The molecule has 1 aliphatic carbocycles. The van der Waals surface area contributed by atoms with Crippen LogP contribution in [0.25, 0.3) is 0 Å². The van der Waals surface area contributed by atoms with Gasteiger partial charge in [-0.3, -0.25) is 9.69 Å². The van der Waals surface area contributed by atoms with Crippen LogP contribution in [0.4, 0.5) is 0 Å². The van der Waals surface area contributed by atoms with Crippen LogP contribution in [0.5, 0.6) is 0 Å². The topological polar surface area (TPSA) is 101 Å². The Hall–Kier alpha value is -1.13. The molecule has 0 bridgehead atoms. The number of fused-ring (bicyclic) bond motifs is 1. The highest BCUT2D eigenvalue weighted by atomic mass is 16.4. The van der Waals surface area contributed by atoms with Gasteiger partial charge < -0.3 is 20.4 Å². The van der Waals surface area contributed by atoms with Crippen molar-refractivity contribution in [2.24, 2.45) is 5.92 Å². The molecule has 4 N–H and O–H groups in total. The van der Waals surface area contributed by atoms with Crippen LogP contribution in [0, 0.1) is 18.3 Å². The first-order valence-corrected chi connectivity index (χ1v) is 5.97. The molecule has 0 spiro atoms. The first-order valence-electron chi connectivity index (χ1n) is 5.97. The maximum absolute atomic E-state index is 11.1. The number of hydrogen-bond donors (Lipinski definition) is 4. The fourth-order valence-electron chi connectivity index (χ4n) is 2.91. The van der Waals surface area contributed by atoms with E-state index < -0.39 is 36.2 Å². The maximum Gasteiger partial charge on any atom is 0.310 e. The van der Waals surface area contributed by atoms with E-state index in [1.165, 1.54) is 0 Å². The number of carboxylic acids is 1. The van der Waals surface area contributed by atoms with Gasteiger partial charge in [0.25, 0.3) is 0 Å². The highest BCUT2D eigenvalue weighted by molar-refractivity contribution is 5.73. The van der Waals surface area contributed by atoms with Gasteiger partial charge in [0, 0.05) is 12.5 Å². The van der Waals surface area contributed by atoms with Crippen LogP contribution in [0.1, 0.15) is 12.8 Å². The zero-order valence-corrected chi connectivity index (χ0v) is 9.81. The molecule has 6 heteroatoms. The van der Waals surface area contributed by atoms with Gasteiger partial charge in [-0.05, 0) is 13.0 Å². The van der Waals surface area contributed by atoms with Crippen LogP contribution < -0.4 is 0 Å². The van der Waals surface area contributed by atoms with Crippen molar-refractivity contribution in [3.05, 3.63) is 0 Å². The molecule has 2 unspecified atom stereocenters. The van der Waals surface area contributed by atoms with Gasteiger partial charge in [-0.1, -0.05) is 0 Å². The molecule has 6 nitrogen and oxygen atoms in total. The normalized spacial score (nSPS) is 46.0. The summed E-state index contributed by atoms with van der Waals surface area (Å²) < 4.78 is 0. The fourth-order valence-corrected chi connectivity index (χ4v) is 2.91. The zero-order chi connectivity index (χ0) is 13.4. The van der Waals surface area contributed by atoms with E-state index in [1.807, 2.05) is 0 Å². The van der Waals surface area contributed by atoms with E-state index in [4.69, 9.17) is 11.5 Å². The van der Waals surface area contributed by atoms with E-state index in [0.29, 0.717) is 19.4 Å². The molecule has 2 aliphatic rings. The number of rotatable bonds is 4. The number of unbranched alkanes of at least 4 members (excludes halogenated alkanes) is 1. The largest absolute Gasteiger partial charge is 0.481 e. The van der Waals surface area contributed by atoms with Crippen LogP contribution in [-0.2, 0) is 4.79 Å². The predicted octanol–water partition coefficient (Wildman–Crippen LogP) is -1.75. The van der Waals surface area contributed by atoms with Gasteiger partial charge in [-0.15, -0.1) is 12.3 Å². The summed E-state index contributed by atoms with van der Waals surface area (Å²) in [5.74, 6) is 0.284. The van der Waals surface area contributed by atoms with Gasteiger partial charge in [-0.25, -0.2) is 0 Å². The van der Waals surface area contributed by atoms with Crippen molar-refractivity contribution in [3.63, 3.8) is 0 Å². The molecule has 7 atom stereocenters. The Morgan fingerprint density at radius 3 is 2.39 bits per heavy atom. The molecular weight excluding hydrogens is 238 g/mol. The highest BCUT2D eigenvalue weighted by Crippen LogP contribution is 2.44. The van der Waals surface area contributed by atoms with Gasteiger partial charge in [-0.2, -0.15) is 0 Å². The van der Waals surface area contributed by atoms with Gasteiger partial charge >= 0.3 is 5.97 Å². The van der Waals surface area contributed by atoms with E-state index in [1.54, 1.807) is 4.90 Å². The molecule has 1 heterocycles. The van der Waals surface area contributed by atoms with Gasteiger partial charge in [0.05, 0.1) is 18.2 Å². The number of terminal acetylenes is 1. The fraction of sp³-hybridized carbons (Fsp3) is 0.750. The van der Waals surface area contributed by atoms with Crippen molar-refractivity contribution in [1.82, 2.24) is 4.90 Å². The quantitative estimate of drug-likeness (QED) is 0.270. The second-order valence-corrected chi connectivity index (χ2v) is 4.86. The second kappa shape index (κ2) is 4.86. The third-order valence-corrected chi connectivity index (χ3v) is 3.83. The van der Waals surface area contributed by atoms with Crippen molar-refractivity contribution in [1.29, 1.82) is 0 Å². The molecule has 0 aromatic carbocycles. The number of nitrogens with zero attached hydrogens (tertiary/aromatic N) is 1. The Bertz CT molecular complexity index is 379. The lowest BCUT2D eigenvalue weighted by Gasteiger charge is -2.30. The monoisotopic (exact) mass is 255 g/mol. The Morgan fingerprint density at radius 1 is 1.17 bits per heavy atom. The summed E-state index contributed by atoms with van der Waals surface area (Å²) in [7, 11) is 0. The van der Waals surface area contributed by atoms with Crippen LogP contribution >= 0.6 is 0 Å². The van der Waals surface area contributed by atoms with E-state index in [9.17, 15) is 20.1 Å². The van der Waals surface area contributed by atoms with Crippen LogP contribution in [0.15, 0.2) is 0 Å². The van der Waals surface area contributed by atoms with Crippen molar-refractivity contribution >= 4 is 5.97 Å². The molecule has 2 fully saturated rings. The average molecular weight is 255 g/mol. The molecule has 1 aliphatic heterocycles. The highest BCUT2D eigenvalue weighted by Gasteiger charge is 2.65. The number of carboxylic acid groups (broad SMARTS) is 1. The van der Waals surface area contributed by atoms with Crippen molar-refractivity contribution in [2.75, 3.05) is 6.54 Å². The molecule has 0 aromatic heterocycles. The first kappa shape index (κ1) is 13.3. The number of aliphatic carboxylic acids is 1. The second-order valence-electron chi connectivity index (χ2n) is 4.86. The number of likely N-dealkylation sites (tertiary alicyclic amines) is 1. The molecule has 1 saturated carbocycles. The first-order chi connectivity index (χ1) is 8.50. The third kappa shape index (κ3) is 1.99. The van der Waals surface area contributed by atoms with Crippen LogP contribution in [0.2, 0.25) is 0 Å². The minimum atomic E-state index is -1.43. The van der Waals surface area contributed by atoms with Gasteiger partial charge in [0.1, 0.15) is 12.0 Å². The lowest BCUT2D eigenvalue weighted by molar-refractivity contribution is -0.156. The summed E-state index contributed by atoms with van der Waals surface area (Å²) in [6.45, 7) is 0.569.